The summed E-state index contributed by atoms with van der Waals surface area (Å²) in [6, 6.07) is 16.1. The number of carbonyl (C=O) groups is 1. The summed E-state index contributed by atoms with van der Waals surface area (Å²) < 4.78 is 14.8. The van der Waals surface area contributed by atoms with Crippen LogP contribution in [0.3, 0.4) is 0 Å². The first-order chi connectivity index (χ1) is 15.6. The van der Waals surface area contributed by atoms with E-state index in [1.165, 1.54) is 12.1 Å². The third kappa shape index (κ3) is 5.69. The number of aliphatic hydroxyl groups is 1. The number of hydrogen-bond acceptors (Lipinski definition) is 5. The van der Waals surface area contributed by atoms with Crippen LogP contribution in [-0.2, 0) is 6.54 Å². The number of anilines is 1. The SMILES string of the molecule is CO.Nc1ncc(C2CCNCC2)cc1-c1ccc(C(=O)NCc2ccccc2)c(F)c1. The molecule has 1 fully saturated rings. The fourth-order valence-electron chi connectivity index (χ4n) is 3.84. The second-order valence-electron chi connectivity index (χ2n) is 7.59. The van der Waals surface area contributed by atoms with E-state index in [1.54, 1.807) is 6.07 Å². The van der Waals surface area contributed by atoms with Crippen LogP contribution in [0.2, 0.25) is 0 Å². The topological polar surface area (TPSA) is 100 Å². The highest BCUT2D eigenvalue weighted by Crippen LogP contribution is 2.32. The predicted octanol–water partition coefficient (Wildman–Crippen LogP) is 3.48. The molecular formula is C25H29FN4O2. The van der Waals surface area contributed by atoms with Gasteiger partial charge in [0.1, 0.15) is 11.6 Å². The van der Waals surface area contributed by atoms with Crippen molar-refractivity contribution >= 4 is 11.7 Å². The summed E-state index contributed by atoms with van der Waals surface area (Å²) in [6.07, 6.45) is 3.90. The van der Waals surface area contributed by atoms with Crippen molar-refractivity contribution in [1.29, 1.82) is 0 Å². The highest BCUT2D eigenvalue weighted by atomic mass is 19.1. The van der Waals surface area contributed by atoms with Crippen molar-refractivity contribution in [3.63, 3.8) is 0 Å². The lowest BCUT2D eigenvalue weighted by Gasteiger charge is -2.23. The Bertz CT molecular complexity index is 1040. The van der Waals surface area contributed by atoms with E-state index < -0.39 is 11.7 Å². The minimum Gasteiger partial charge on any atom is -0.400 e. The minimum atomic E-state index is -0.579. The molecule has 6 nitrogen and oxygen atoms in total. The maximum Gasteiger partial charge on any atom is 0.254 e. The van der Waals surface area contributed by atoms with Crippen molar-refractivity contribution in [3.8, 4) is 11.1 Å². The molecule has 1 aromatic heterocycles. The van der Waals surface area contributed by atoms with Crippen molar-refractivity contribution in [2.24, 2.45) is 0 Å². The van der Waals surface area contributed by atoms with Gasteiger partial charge in [0, 0.05) is 25.4 Å². The fraction of sp³-hybridized carbons (Fsp3) is 0.280. The van der Waals surface area contributed by atoms with Gasteiger partial charge in [-0.25, -0.2) is 9.37 Å². The van der Waals surface area contributed by atoms with Crippen LogP contribution in [0.15, 0.2) is 60.8 Å². The summed E-state index contributed by atoms with van der Waals surface area (Å²) >= 11 is 0. The van der Waals surface area contributed by atoms with Gasteiger partial charge in [-0.1, -0.05) is 36.4 Å². The molecule has 7 heteroatoms. The van der Waals surface area contributed by atoms with Crippen LogP contribution in [-0.4, -0.2) is 36.2 Å². The molecule has 5 N–H and O–H groups in total. The number of amides is 1. The Labute approximate surface area is 187 Å². The average molecular weight is 437 g/mol. The third-order valence-electron chi connectivity index (χ3n) is 5.57. The van der Waals surface area contributed by atoms with Gasteiger partial charge >= 0.3 is 0 Å². The van der Waals surface area contributed by atoms with Gasteiger partial charge in [0.05, 0.1) is 5.56 Å². The largest absolute Gasteiger partial charge is 0.400 e. The number of nitrogens with two attached hydrogens (primary N) is 1. The first-order valence-corrected chi connectivity index (χ1v) is 10.6. The Morgan fingerprint density at radius 3 is 2.56 bits per heavy atom. The Balaban J connectivity index is 0.00000141. The van der Waals surface area contributed by atoms with Gasteiger partial charge in [-0.05, 0) is 66.7 Å². The lowest BCUT2D eigenvalue weighted by Crippen LogP contribution is -2.26. The summed E-state index contributed by atoms with van der Waals surface area (Å²) in [4.78, 5) is 16.8. The molecule has 4 rings (SSSR count). The normalized spacial score (nSPS) is 13.7. The molecule has 3 aromatic rings. The molecule has 0 unspecified atom stereocenters. The van der Waals surface area contributed by atoms with E-state index in [1.807, 2.05) is 42.6 Å². The molecule has 0 radical (unpaired) electrons. The van der Waals surface area contributed by atoms with Gasteiger partial charge in [-0.3, -0.25) is 4.79 Å². The van der Waals surface area contributed by atoms with Crippen LogP contribution in [0, 0.1) is 5.82 Å². The van der Waals surface area contributed by atoms with Gasteiger partial charge in [0.15, 0.2) is 0 Å². The van der Waals surface area contributed by atoms with Gasteiger partial charge in [-0.15, -0.1) is 0 Å². The maximum absolute atomic E-state index is 14.8. The minimum absolute atomic E-state index is 0.00993. The number of carbonyl (C=O) groups excluding carboxylic acids is 1. The first kappa shape index (κ1) is 23.4. The number of pyridine rings is 1. The number of nitrogens with zero attached hydrogens (tertiary/aromatic N) is 1. The quantitative estimate of drug-likeness (QED) is 0.491. The lowest BCUT2D eigenvalue weighted by atomic mass is 9.89. The highest BCUT2D eigenvalue weighted by Gasteiger charge is 2.18. The number of aromatic nitrogens is 1. The summed E-state index contributed by atoms with van der Waals surface area (Å²) in [5, 5.41) is 13.1. The number of nitrogen functional groups attached to an aromatic ring is 1. The molecule has 0 spiro atoms. The Kier molecular flexibility index (Phi) is 8.30. The standard InChI is InChI=1S/C24H25FN4O.CH4O/c25-22-13-18(6-7-20(22)24(30)29-14-16-4-2-1-3-5-16)21-12-19(15-28-23(21)26)17-8-10-27-11-9-17;1-2/h1-7,12-13,15,17,27H,8-11,14H2,(H2,26,28)(H,29,30);2H,1H3. The molecular weight excluding hydrogens is 407 g/mol. The highest BCUT2D eigenvalue weighted by molar-refractivity contribution is 5.95. The van der Waals surface area contributed by atoms with Gasteiger partial charge < -0.3 is 21.5 Å². The molecule has 1 amide bonds. The van der Waals surface area contributed by atoms with Crippen LogP contribution in [0.25, 0.3) is 11.1 Å². The van der Waals surface area contributed by atoms with Crippen LogP contribution in [0.5, 0.6) is 0 Å². The van der Waals surface area contributed by atoms with E-state index in [-0.39, 0.29) is 5.56 Å². The van der Waals surface area contributed by atoms with E-state index in [4.69, 9.17) is 10.8 Å². The fourth-order valence-corrected chi connectivity index (χ4v) is 3.84. The smallest absolute Gasteiger partial charge is 0.254 e. The molecule has 1 aliphatic heterocycles. The summed E-state index contributed by atoms with van der Waals surface area (Å²) in [7, 11) is 1.00. The molecule has 2 heterocycles. The van der Waals surface area contributed by atoms with Gasteiger partial charge in [-0.2, -0.15) is 0 Å². The number of hydrogen-bond donors (Lipinski definition) is 4. The van der Waals surface area contributed by atoms with Crippen molar-refractivity contribution in [1.82, 2.24) is 15.6 Å². The molecule has 0 bridgehead atoms. The Morgan fingerprint density at radius 1 is 1.16 bits per heavy atom. The van der Waals surface area contributed by atoms with Crippen molar-refractivity contribution in [3.05, 3.63) is 83.3 Å². The van der Waals surface area contributed by atoms with Crippen molar-refractivity contribution < 1.29 is 14.3 Å². The summed E-state index contributed by atoms with van der Waals surface area (Å²) in [6.45, 7) is 2.30. The molecule has 0 saturated carbocycles. The number of benzene rings is 2. The third-order valence-corrected chi connectivity index (χ3v) is 5.57. The average Bonchev–Trinajstić information content (AvgIpc) is 2.85. The second kappa shape index (κ2) is 11.4. The van der Waals surface area contributed by atoms with Crippen molar-refractivity contribution in [2.45, 2.75) is 25.3 Å². The van der Waals surface area contributed by atoms with Crippen LogP contribution >= 0.6 is 0 Å². The van der Waals surface area contributed by atoms with Crippen LogP contribution in [0.4, 0.5) is 10.2 Å². The number of piperidine rings is 1. The zero-order valence-corrected chi connectivity index (χ0v) is 18.1. The van der Waals surface area contributed by atoms with Crippen LogP contribution in [0.1, 0.15) is 40.2 Å². The first-order valence-electron chi connectivity index (χ1n) is 10.6. The van der Waals surface area contributed by atoms with Gasteiger partial charge in [0.2, 0.25) is 0 Å². The molecule has 1 aliphatic rings. The molecule has 32 heavy (non-hydrogen) atoms. The predicted molar refractivity (Wildman–Crippen MR) is 125 cm³/mol. The number of halogens is 1. The number of nitrogens with one attached hydrogen (secondary N) is 2. The van der Waals surface area contributed by atoms with E-state index in [0.29, 0.717) is 29.4 Å². The monoisotopic (exact) mass is 436 g/mol. The van der Waals surface area contributed by atoms with Gasteiger partial charge in [0.25, 0.3) is 5.91 Å². The molecule has 1 saturated heterocycles. The molecule has 0 aliphatic carbocycles. The van der Waals surface area contributed by atoms with E-state index >= 15 is 0 Å². The Morgan fingerprint density at radius 2 is 1.88 bits per heavy atom. The van der Waals surface area contributed by atoms with Crippen molar-refractivity contribution in [2.75, 3.05) is 25.9 Å². The zero-order chi connectivity index (χ0) is 22.9. The number of rotatable bonds is 5. The molecule has 0 atom stereocenters. The second-order valence-corrected chi connectivity index (χ2v) is 7.59. The maximum atomic E-state index is 14.8. The molecule has 168 valence electrons. The van der Waals surface area contributed by atoms with Crippen LogP contribution < -0.4 is 16.4 Å². The lowest BCUT2D eigenvalue weighted by molar-refractivity contribution is 0.0947. The van der Waals surface area contributed by atoms with E-state index in [2.05, 4.69) is 15.6 Å². The number of aliphatic hydroxyl groups excluding tert-OH is 1. The summed E-state index contributed by atoms with van der Waals surface area (Å²) in [5.41, 5.74) is 9.48. The summed E-state index contributed by atoms with van der Waals surface area (Å²) in [5.74, 6) is -0.249. The van der Waals surface area contributed by atoms with E-state index in [0.717, 1.165) is 44.2 Å². The van der Waals surface area contributed by atoms with E-state index in [9.17, 15) is 9.18 Å². The zero-order valence-electron chi connectivity index (χ0n) is 18.1. The molecule has 2 aromatic carbocycles. The Hall–Kier alpha value is -3.29.